The molecule has 4 rings (SSSR count). The largest absolute Gasteiger partial charge is 0.497 e. The Kier molecular flexibility index (Phi) is 5.49. The lowest BCUT2D eigenvalue weighted by molar-refractivity contribution is 0.0235. The first-order valence-electron chi connectivity index (χ1n) is 9.25. The van der Waals surface area contributed by atoms with Gasteiger partial charge in [0.1, 0.15) is 5.75 Å². The predicted octanol–water partition coefficient (Wildman–Crippen LogP) is 4.77. The lowest BCUT2D eigenvalue weighted by Gasteiger charge is -2.11. The molecule has 0 aliphatic heterocycles. The van der Waals surface area contributed by atoms with E-state index in [-0.39, 0.29) is 5.91 Å². The number of carbonyl (C=O) groups is 1. The Morgan fingerprint density at radius 2 is 1.66 bits per heavy atom. The van der Waals surface area contributed by atoms with Crippen molar-refractivity contribution in [1.82, 2.24) is 10.5 Å². The zero-order valence-corrected chi connectivity index (χ0v) is 16.0. The van der Waals surface area contributed by atoms with Gasteiger partial charge in [0.15, 0.2) is 0 Å². The second-order valence-corrected chi connectivity index (χ2v) is 6.51. The molecule has 1 amide bonds. The van der Waals surface area contributed by atoms with Gasteiger partial charge in [0.25, 0.3) is 5.91 Å². The van der Waals surface area contributed by atoms with E-state index < -0.39 is 0 Å². The van der Waals surface area contributed by atoms with Gasteiger partial charge in [-0.25, -0.2) is 10.5 Å². The van der Waals surface area contributed by atoms with Crippen LogP contribution in [0.5, 0.6) is 5.75 Å². The first kappa shape index (κ1) is 18.7. The molecular weight excluding hydrogens is 364 g/mol. The second-order valence-electron chi connectivity index (χ2n) is 6.51. The van der Waals surface area contributed by atoms with E-state index in [1.807, 2.05) is 78.9 Å². The monoisotopic (exact) mass is 384 g/mol. The number of carbonyl (C=O) groups excluding carboxylic acids is 1. The summed E-state index contributed by atoms with van der Waals surface area (Å²) >= 11 is 0. The van der Waals surface area contributed by atoms with Crippen LogP contribution in [0.4, 0.5) is 0 Å². The number of aromatic nitrogens is 1. The number of ether oxygens (including phenoxy) is 1. The van der Waals surface area contributed by atoms with Gasteiger partial charge in [-0.3, -0.25) is 9.63 Å². The molecule has 1 N–H and O–H groups in total. The molecule has 1 heterocycles. The third-order valence-corrected chi connectivity index (χ3v) is 4.59. The molecule has 0 aliphatic carbocycles. The molecule has 5 nitrogen and oxygen atoms in total. The molecule has 1 aromatic heterocycles. The van der Waals surface area contributed by atoms with E-state index in [1.165, 1.54) is 0 Å². The van der Waals surface area contributed by atoms with Crippen molar-refractivity contribution in [3.63, 3.8) is 0 Å². The average Bonchev–Trinajstić information content (AvgIpc) is 2.79. The number of fused-ring (bicyclic) bond motifs is 1. The van der Waals surface area contributed by atoms with Crippen LogP contribution in [-0.4, -0.2) is 18.0 Å². The molecule has 0 spiro atoms. The van der Waals surface area contributed by atoms with Crippen molar-refractivity contribution in [1.29, 1.82) is 0 Å². The van der Waals surface area contributed by atoms with E-state index in [1.54, 1.807) is 13.2 Å². The molecule has 144 valence electrons. The maximum absolute atomic E-state index is 12.8. The summed E-state index contributed by atoms with van der Waals surface area (Å²) in [5, 5.41) is 0.769. The number of nitrogens with zero attached hydrogens (tertiary/aromatic N) is 1. The quantitative estimate of drug-likeness (QED) is 0.487. The average molecular weight is 384 g/mol. The summed E-state index contributed by atoms with van der Waals surface area (Å²) in [5.41, 5.74) is 6.39. The highest BCUT2D eigenvalue weighted by Crippen LogP contribution is 2.26. The SMILES string of the molecule is COc1ccc(-c2cc(C(=O)NOCc3ccccc3)c3ccccc3n2)cc1. The van der Waals surface area contributed by atoms with Crippen molar-refractivity contribution in [2.75, 3.05) is 7.11 Å². The second kappa shape index (κ2) is 8.54. The van der Waals surface area contributed by atoms with Crippen LogP contribution < -0.4 is 10.2 Å². The van der Waals surface area contributed by atoms with Gasteiger partial charge in [-0.05, 0) is 42.0 Å². The summed E-state index contributed by atoms with van der Waals surface area (Å²) in [5.74, 6) is 0.455. The Morgan fingerprint density at radius 1 is 0.931 bits per heavy atom. The van der Waals surface area contributed by atoms with Crippen molar-refractivity contribution < 1.29 is 14.4 Å². The van der Waals surface area contributed by atoms with Gasteiger partial charge in [0.05, 0.1) is 30.5 Å². The molecule has 0 bridgehead atoms. The number of methoxy groups -OCH3 is 1. The van der Waals surface area contributed by atoms with E-state index in [0.29, 0.717) is 17.9 Å². The van der Waals surface area contributed by atoms with Gasteiger partial charge in [-0.15, -0.1) is 0 Å². The van der Waals surface area contributed by atoms with Crippen molar-refractivity contribution in [2.24, 2.45) is 0 Å². The minimum atomic E-state index is -0.311. The third kappa shape index (κ3) is 4.25. The van der Waals surface area contributed by atoms with Crippen LogP contribution in [0.1, 0.15) is 15.9 Å². The van der Waals surface area contributed by atoms with Gasteiger partial charge >= 0.3 is 0 Å². The molecule has 0 aliphatic rings. The number of hydroxylamine groups is 1. The molecule has 3 aromatic carbocycles. The standard InChI is InChI=1S/C24H20N2O3/c1-28-19-13-11-18(12-14-19)23-15-21(20-9-5-6-10-22(20)25-23)24(27)26-29-16-17-7-3-2-4-8-17/h2-15H,16H2,1H3,(H,26,27). The van der Waals surface area contributed by atoms with Crippen LogP contribution in [0.15, 0.2) is 84.9 Å². The number of pyridine rings is 1. The van der Waals surface area contributed by atoms with Gasteiger partial charge in [0.2, 0.25) is 0 Å². The van der Waals surface area contributed by atoms with E-state index in [0.717, 1.165) is 27.8 Å². The van der Waals surface area contributed by atoms with Crippen LogP contribution >= 0.6 is 0 Å². The Labute approximate surface area is 168 Å². The first-order valence-corrected chi connectivity index (χ1v) is 9.25. The number of rotatable bonds is 6. The minimum Gasteiger partial charge on any atom is -0.497 e. The maximum atomic E-state index is 12.8. The number of nitrogens with one attached hydrogen (secondary N) is 1. The van der Waals surface area contributed by atoms with Crippen molar-refractivity contribution in [2.45, 2.75) is 6.61 Å². The number of amides is 1. The molecule has 0 radical (unpaired) electrons. The lowest BCUT2D eigenvalue weighted by Crippen LogP contribution is -2.24. The minimum absolute atomic E-state index is 0.293. The van der Waals surface area contributed by atoms with E-state index in [4.69, 9.17) is 14.6 Å². The van der Waals surface area contributed by atoms with E-state index >= 15 is 0 Å². The van der Waals surface area contributed by atoms with Gasteiger partial charge in [-0.2, -0.15) is 0 Å². The van der Waals surface area contributed by atoms with Crippen LogP contribution in [0.2, 0.25) is 0 Å². The zero-order chi connectivity index (χ0) is 20.1. The van der Waals surface area contributed by atoms with Crippen molar-refractivity contribution in [3.8, 4) is 17.0 Å². The van der Waals surface area contributed by atoms with Gasteiger partial charge in [-0.1, -0.05) is 48.5 Å². The summed E-state index contributed by atoms with van der Waals surface area (Å²) < 4.78 is 5.22. The Hall–Kier alpha value is -3.70. The third-order valence-electron chi connectivity index (χ3n) is 4.59. The van der Waals surface area contributed by atoms with Crippen LogP contribution in [-0.2, 0) is 11.4 Å². The maximum Gasteiger partial charge on any atom is 0.275 e. The highest BCUT2D eigenvalue weighted by Gasteiger charge is 2.14. The summed E-state index contributed by atoms with van der Waals surface area (Å²) in [4.78, 5) is 23.0. The number of para-hydroxylation sites is 1. The normalized spacial score (nSPS) is 10.7. The summed E-state index contributed by atoms with van der Waals surface area (Å²) in [6.45, 7) is 0.293. The molecule has 29 heavy (non-hydrogen) atoms. The van der Waals surface area contributed by atoms with E-state index in [2.05, 4.69) is 5.48 Å². The molecule has 0 saturated carbocycles. The highest BCUT2D eigenvalue weighted by atomic mass is 16.6. The molecule has 0 atom stereocenters. The molecular formula is C24H20N2O3. The van der Waals surface area contributed by atoms with Crippen LogP contribution in [0.3, 0.4) is 0 Å². The molecule has 0 fully saturated rings. The predicted molar refractivity (Wildman–Crippen MR) is 112 cm³/mol. The van der Waals surface area contributed by atoms with Crippen molar-refractivity contribution in [3.05, 3.63) is 96.1 Å². The molecule has 0 saturated heterocycles. The lowest BCUT2D eigenvalue weighted by atomic mass is 10.0. The molecule has 5 heteroatoms. The molecule has 0 unspecified atom stereocenters. The van der Waals surface area contributed by atoms with Crippen molar-refractivity contribution >= 4 is 16.8 Å². The zero-order valence-electron chi connectivity index (χ0n) is 16.0. The van der Waals surface area contributed by atoms with Crippen LogP contribution in [0, 0.1) is 0 Å². The van der Waals surface area contributed by atoms with E-state index in [9.17, 15) is 4.79 Å². The smallest absolute Gasteiger partial charge is 0.275 e. The Morgan fingerprint density at radius 3 is 2.41 bits per heavy atom. The van der Waals surface area contributed by atoms with Gasteiger partial charge < -0.3 is 4.74 Å². The fourth-order valence-electron chi connectivity index (χ4n) is 3.09. The highest BCUT2D eigenvalue weighted by molar-refractivity contribution is 6.06. The summed E-state index contributed by atoms with van der Waals surface area (Å²) in [6.07, 6.45) is 0. The Balaban J connectivity index is 1.62. The Bertz CT molecular complexity index is 1130. The number of hydrogen-bond acceptors (Lipinski definition) is 4. The fraction of sp³-hybridized carbons (Fsp3) is 0.0833. The number of hydrogen-bond donors (Lipinski definition) is 1. The topological polar surface area (TPSA) is 60.5 Å². The van der Waals surface area contributed by atoms with Crippen LogP contribution in [0.25, 0.3) is 22.2 Å². The van der Waals surface area contributed by atoms with Gasteiger partial charge in [0, 0.05) is 10.9 Å². The first-order chi connectivity index (χ1) is 14.2. The summed E-state index contributed by atoms with van der Waals surface area (Å²) in [6, 6.07) is 26.6. The number of benzene rings is 3. The fourth-order valence-corrected chi connectivity index (χ4v) is 3.09. The molecule has 4 aromatic rings. The summed E-state index contributed by atoms with van der Waals surface area (Å²) in [7, 11) is 1.63.